The van der Waals surface area contributed by atoms with Crippen LogP contribution >= 0.6 is 0 Å². The van der Waals surface area contributed by atoms with E-state index in [9.17, 15) is 0 Å². The number of nitrogens with zero attached hydrogens (tertiary/aromatic N) is 5. The van der Waals surface area contributed by atoms with Gasteiger partial charge >= 0.3 is 0 Å². The van der Waals surface area contributed by atoms with Gasteiger partial charge in [0.2, 0.25) is 5.95 Å². The molecule has 0 radical (unpaired) electrons. The molecule has 0 fully saturated rings. The molecule has 0 bridgehead atoms. The minimum absolute atomic E-state index is 0.633. The average Bonchev–Trinajstić information content (AvgIpc) is 3.97. The minimum atomic E-state index is 0.633. The molecule has 1 aliphatic rings. The molecule has 6 nitrogen and oxygen atoms in total. The molecule has 0 N–H and O–H groups in total. The molecule has 0 unspecified atom stereocenters. The number of furan rings is 1. The van der Waals surface area contributed by atoms with E-state index in [-0.39, 0.29) is 0 Å². The summed E-state index contributed by atoms with van der Waals surface area (Å²) in [4.78, 5) is 13.5. The van der Waals surface area contributed by atoms with Gasteiger partial charge in [-0.1, -0.05) is 121 Å². The van der Waals surface area contributed by atoms with E-state index in [1.807, 2.05) is 12.1 Å². The number of benzene rings is 9. The summed E-state index contributed by atoms with van der Waals surface area (Å²) < 4.78 is 11.1. The van der Waals surface area contributed by atoms with Gasteiger partial charge in [0.1, 0.15) is 11.2 Å². The Morgan fingerprint density at radius 3 is 1.77 bits per heavy atom. The summed E-state index contributed by atoms with van der Waals surface area (Å²) in [7, 11) is 0. The van der Waals surface area contributed by atoms with Crippen LogP contribution in [0.15, 0.2) is 192 Å². The molecule has 1 aliphatic heterocycles. The summed E-state index contributed by atoms with van der Waals surface area (Å²) in [5.41, 5.74) is 13.3. The fraction of sp³-hybridized carbons (Fsp3) is 0. The topological polar surface area (TPSA) is 52.0 Å². The van der Waals surface area contributed by atoms with E-state index in [1.165, 1.54) is 26.9 Å². The second-order valence-electron chi connectivity index (χ2n) is 15.7. The van der Waals surface area contributed by atoms with Gasteiger partial charge in [0, 0.05) is 49.3 Å². The van der Waals surface area contributed by atoms with Crippen LogP contribution in [-0.2, 0) is 0 Å². The highest BCUT2D eigenvalue weighted by Crippen LogP contribution is 2.51. The van der Waals surface area contributed by atoms with Crippen LogP contribution in [0, 0.1) is 0 Å². The number of rotatable bonds is 3. The summed E-state index contributed by atoms with van der Waals surface area (Å²) in [6.07, 6.45) is 0. The summed E-state index contributed by atoms with van der Waals surface area (Å²) in [6.45, 7) is 0. The largest absolute Gasteiger partial charge is 0.456 e. The zero-order valence-corrected chi connectivity index (χ0v) is 32.0. The van der Waals surface area contributed by atoms with Crippen molar-refractivity contribution in [1.82, 2.24) is 19.1 Å². The molecule has 13 aromatic rings. The van der Waals surface area contributed by atoms with Crippen molar-refractivity contribution >= 4 is 104 Å². The van der Waals surface area contributed by atoms with Crippen LogP contribution in [0.3, 0.4) is 0 Å². The Labute approximate surface area is 342 Å². The third-order valence-electron chi connectivity index (χ3n) is 12.6. The first-order valence-electron chi connectivity index (χ1n) is 20.3. The Morgan fingerprint density at radius 1 is 0.383 bits per heavy atom. The predicted molar refractivity (Wildman–Crippen MR) is 247 cm³/mol. The normalized spacial score (nSPS) is 12.6. The third-order valence-corrected chi connectivity index (χ3v) is 12.6. The molecule has 14 rings (SSSR count). The maximum absolute atomic E-state index is 6.34. The monoisotopic (exact) mass is 765 g/mol. The van der Waals surface area contributed by atoms with Crippen molar-refractivity contribution in [2.24, 2.45) is 0 Å². The van der Waals surface area contributed by atoms with Crippen LogP contribution in [0.2, 0.25) is 0 Å². The molecule has 60 heavy (non-hydrogen) atoms. The molecule has 5 heterocycles. The van der Waals surface area contributed by atoms with Crippen molar-refractivity contribution in [3.8, 4) is 22.9 Å². The quantitative estimate of drug-likeness (QED) is 0.180. The lowest BCUT2D eigenvalue weighted by molar-refractivity contribution is 0.669. The zero-order valence-electron chi connectivity index (χ0n) is 32.0. The first-order valence-corrected chi connectivity index (χ1v) is 20.3. The fourth-order valence-corrected chi connectivity index (χ4v) is 10.2. The van der Waals surface area contributed by atoms with Crippen molar-refractivity contribution in [3.05, 3.63) is 188 Å². The number of para-hydroxylation sites is 5. The van der Waals surface area contributed by atoms with E-state index in [2.05, 4.69) is 190 Å². The number of anilines is 3. The maximum Gasteiger partial charge on any atom is 0.235 e. The fourth-order valence-electron chi connectivity index (χ4n) is 10.2. The van der Waals surface area contributed by atoms with Crippen LogP contribution in [-0.4, -0.2) is 19.1 Å². The summed E-state index contributed by atoms with van der Waals surface area (Å²) >= 11 is 0. The van der Waals surface area contributed by atoms with Gasteiger partial charge in [-0.25, -0.2) is 9.97 Å². The molecule has 0 spiro atoms. The highest BCUT2D eigenvalue weighted by atomic mass is 16.3. The highest BCUT2D eigenvalue weighted by molar-refractivity contribution is 6.36. The number of hydrogen-bond acceptors (Lipinski definition) is 4. The molecule has 6 heteroatoms. The molecule has 0 atom stereocenters. The van der Waals surface area contributed by atoms with Crippen molar-refractivity contribution < 1.29 is 4.42 Å². The lowest BCUT2D eigenvalue weighted by Crippen LogP contribution is -2.16. The van der Waals surface area contributed by atoms with Crippen LogP contribution < -0.4 is 4.90 Å². The molecular weight excluding hydrogens is 735 g/mol. The first-order chi connectivity index (χ1) is 29.8. The second-order valence-corrected chi connectivity index (χ2v) is 15.7. The number of hydrogen-bond donors (Lipinski definition) is 0. The van der Waals surface area contributed by atoms with Gasteiger partial charge in [-0.05, 0) is 77.5 Å². The Balaban J connectivity index is 1.17. The van der Waals surface area contributed by atoms with Gasteiger partial charge < -0.3 is 13.9 Å². The second kappa shape index (κ2) is 11.7. The number of fused-ring (bicyclic) bond motifs is 15. The van der Waals surface area contributed by atoms with Gasteiger partial charge in [-0.2, -0.15) is 0 Å². The van der Waals surface area contributed by atoms with Gasteiger partial charge in [0.15, 0.2) is 0 Å². The van der Waals surface area contributed by atoms with Crippen LogP contribution in [0.5, 0.6) is 0 Å². The highest BCUT2D eigenvalue weighted by Gasteiger charge is 2.30. The van der Waals surface area contributed by atoms with Crippen molar-refractivity contribution in [2.75, 3.05) is 4.90 Å². The SMILES string of the molecule is c1ccc(N2c3ccccc3-c3nc(-n4c5ccccc5c5c6ccccc6c6c7ccccc7n(-c7ccc8oc9ccccc9c8c7)c6c54)nc4cccc2c34)cc1. The van der Waals surface area contributed by atoms with Gasteiger partial charge in [0.05, 0.1) is 50.0 Å². The maximum atomic E-state index is 6.34. The zero-order chi connectivity index (χ0) is 39.1. The average molecular weight is 766 g/mol. The Bertz CT molecular complexity index is 3970. The van der Waals surface area contributed by atoms with Crippen molar-refractivity contribution in [1.29, 1.82) is 0 Å². The molecule has 0 amide bonds. The predicted octanol–water partition coefficient (Wildman–Crippen LogP) is 14.3. The Morgan fingerprint density at radius 2 is 0.983 bits per heavy atom. The summed E-state index contributed by atoms with van der Waals surface area (Å²) in [5.74, 6) is 0.633. The molecule has 0 saturated heterocycles. The molecule has 9 aromatic carbocycles. The van der Waals surface area contributed by atoms with Gasteiger partial charge in [0.25, 0.3) is 0 Å². The van der Waals surface area contributed by atoms with Gasteiger partial charge in [-0.3, -0.25) is 4.57 Å². The lowest BCUT2D eigenvalue weighted by Gasteiger charge is -2.32. The lowest BCUT2D eigenvalue weighted by atomic mass is 9.96. The van der Waals surface area contributed by atoms with E-state index in [0.717, 1.165) is 94.3 Å². The molecule has 4 aromatic heterocycles. The third kappa shape index (κ3) is 4.11. The number of aromatic nitrogens is 4. The Kier molecular flexibility index (Phi) is 6.20. The molecular formula is C54H31N5O. The van der Waals surface area contributed by atoms with E-state index in [0.29, 0.717) is 5.95 Å². The molecule has 0 aliphatic carbocycles. The van der Waals surface area contributed by atoms with E-state index in [1.54, 1.807) is 0 Å². The van der Waals surface area contributed by atoms with Crippen molar-refractivity contribution in [2.45, 2.75) is 0 Å². The van der Waals surface area contributed by atoms with Gasteiger partial charge in [-0.15, -0.1) is 0 Å². The molecule has 278 valence electrons. The van der Waals surface area contributed by atoms with Crippen LogP contribution in [0.25, 0.3) is 110 Å². The smallest absolute Gasteiger partial charge is 0.235 e. The first kappa shape index (κ1) is 31.8. The summed E-state index contributed by atoms with van der Waals surface area (Å²) in [5, 5.41) is 10.3. The van der Waals surface area contributed by atoms with Crippen molar-refractivity contribution in [3.63, 3.8) is 0 Å². The minimum Gasteiger partial charge on any atom is -0.456 e. The van der Waals surface area contributed by atoms with E-state index < -0.39 is 0 Å². The standard InChI is InChI=1S/C54H31N5O/c1-2-15-32(16-3-1)57-44-26-12-8-22-39(44)51-50-41(23-14-27-45(50)57)55-54(56-51)59-43-25-11-7-21-38(43)49-36-19-5-4-18-35(36)48-37-20-6-10-24-42(37)58(52(48)53(49)59)33-29-30-47-40(31-33)34-17-9-13-28-46(34)60-47/h1-31H. The van der Waals surface area contributed by atoms with E-state index >= 15 is 0 Å². The van der Waals surface area contributed by atoms with Crippen LogP contribution in [0.1, 0.15) is 0 Å². The molecule has 0 saturated carbocycles. The summed E-state index contributed by atoms with van der Waals surface area (Å²) in [6, 6.07) is 66.9. The van der Waals surface area contributed by atoms with Crippen LogP contribution in [0.4, 0.5) is 17.1 Å². The van der Waals surface area contributed by atoms with E-state index in [4.69, 9.17) is 14.4 Å². The Hall–Kier alpha value is -8.22.